The minimum atomic E-state index is -0.468. The van der Waals surface area contributed by atoms with Gasteiger partial charge in [0.05, 0.1) is 43.7 Å². The van der Waals surface area contributed by atoms with Crippen LogP contribution in [0.25, 0.3) is 10.9 Å². The Labute approximate surface area is 178 Å². The Kier molecular flexibility index (Phi) is 6.56. The first kappa shape index (κ1) is 20.7. The molecule has 0 aliphatic carbocycles. The number of hydrogen-bond donors (Lipinski definition) is 0. The number of carbonyl (C=O) groups is 1. The van der Waals surface area contributed by atoms with Crippen molar-refractivity contribution in [3.05, 3.63) is 59.7 Å². The maximum atomic E-state index is 13.6. The van der Waals surface area contributed by atoms with Crippen molar-refractivity contribution in [1.29, 1.82) is 0 Å². The van der Waals surface area contributed by atoms with Crippen LogP contribution < -0.4 is 4.74 Å². The highest BCUT2D eigenvalue weighted by Crippen LogP contribution is 2.28. The number of morpholine rings is 1. The standard InChI is InChI=1S/C22H22FN3O3S/c1-28-20-7-6-15(23)12-17(20)19(27)14-30-22-16-4-2-3-5-18(16)24-21(25-22)13-26-8-10-29-11-9-26/h2-7,12H,8-11,13-14H2,1H3. The fourth-order valence-corrected chi connectivity index (χ4v) is 4.26. The van der Waals surface area contributed by atoms with Crippen LogP contribution in [0, 0.1) is 5.82 Å². The molecule has 0 amide bonds. The first-order chi connectivity index (χ1) is 14.6. The van der Waals surface area contributed by atoms with Crippen molar-refractivity contribution in [2.75, 3.05) is 39.2 Å². The number of aromatic nitrogens is 2. The SMILES string of the molecule is COc1ccc(F)cc1C(=O)CSc1nc(CN2CCOCC2)nc2ccccc12. The molecule has 0 spiro atoms. The lowest BCUT2D eigenvalue weighted by Gasteiger charge is -2.25. The molecule has 1 saturated heterocycles. The van der Waals surface area contributed by atoms with Crippen LogP contribution in [-0.4, -0.2) is 59.8 Å². The molecule has 0 atom stereocenters. The molecule has 0 bridgehead atoms. The quantitative estimate of drug-likeness (QED) is 0.324. The van der Waals surface area contributed by atoms with E-state index >= 15 is 0 Å². The molecule has 1 aliphatic rings. The second-order valence-electron chi connectivity index (χ2n) is 6.91. The van der Waals surface area contributed by atoms with Gasteiger partial charge in [-0.15, -0.1) is 0 Å². The van der Waals surface area contributed by atoms with E-state index in [1.54, 1.807) is 0 Å². The molecule has 2 heterocycles. The van der Waals surface area contributed by atoms with Crippen molar-refractivity contribution in [1.82, 2.24) is 14.9 Å². The number of fused-ring (bicyclic) bond motifs is 1. The molecular formula is C22H22FN3O3S. The molecule has 0 radical (unpaired) electrons. The van der Waals surface area contributed by atoms with Gasteiger partial charge in [0, 0.05) is 18.5 Å². The van der Waals surface area contributed by atoms with Gasteiger partial charge in [0.25, 0.3) is 0 Å². The molecule has 0 unspecified atom stereocenters. The number of nitrogens with zero attached hydrogens (tertiary/aromatic N) is 3. The summed E-state index contributed by atoms with van der Waals surface area (Å²) in [5, 5.41) is 1.64. The van der Waals surface area contributed by atoms with E-state index in [-0.39, 0.29) is 17.1 Å². The summed E-state index contributed by atoms with van der Waals surface area (Å²) in [6, 6.07) is 11.7. The zero-order valence-electron chi connectivity index (χ0n) is 16.6. The molecule has 1 aromatic heterocycles. The molecule has 4 rings (SSSR count). The average Bonchev–Trinajstić information content (AvgIpc) is 2.78. The van der Waals surface area contributed by atoms with Gasteiger partial charge in [-0.25, -0.2) is 14.4 Å². The molecule has 1 fully saturated rings. The Bertz CT molecular complexity index is 1060. The van der Waals surface area contributed by atoms with Crippen LogP contribution in [-0.2, 0) is 11.3 Å². The first-order valence-electron chi connectivity index (χ1n) is 9.69. The van der Waals surface area contributed by atoms with Crippen LogP contribution in [0.1, 0.15) is 16.2 Å². The number of Topliss-reactive ketones (excluding diaryl/α,β-unsaturated/α-hetero) is 1. The van der Waals surface area contributed by atoms with Crippen molar-refractivity contribution in [2.24, 2.45) is 0 Å². The van der Waals surface area contributed by atoms with E-state index in [9.17, 15) is 9.18 Å². The molecular weight excluding hydrogens is 405 g/mol. The molecule has 6 nitrogen and oxygen atoms in total. The number of halogens is 1. The van der Waals surface area contributed by atoms with Gasteiger partial charge >= 0.3 is 0 Å². The fraction of sp³-hybridized carbons (Fsp3) is 0.318. The molecule has 1 aliphatic heterocycles. The topological polar surface area (TPSA) is 64.5 Å². The minimum Gasteiger partial charge on any atom is -0.496 e. The Morgan fingerprint density at radius 3 is 2.80 bits per heavy atom. The largest absolute Gasteiger partial charge is 0.496 e. The number of carbonyl (C=O) groups excluding carboxylic acids is 1. The molecule has 8 heteroatoms. The van der Waals surface area contributed by atoms with E-state index in [1.807, 2.05) is 24.3 Å². The number of ether oxygens (including phenoxy) is 2. The number of para-hydroxylation sites is 1. The van der Waals surface area contributed by atoms with Crippen LogP contribution in [0.2, 0.25) is 0 Å². The van der Waals surface area contributed by atoms with Crippen LogP contribution in [0.5, 0.6) is 5.75 Å². The van der Waals surface area contributed by atoms with Crippen molar-refractivity contribution >= 4 is 28.4 Å². The Hall–Kier alpha value is -2.55. The van der Waals surface area contributed by atoms with Gasteiger partial charge in [-0.2, -0.15) is 0 Å². The maximum Gasteiger partial charge on any atom is 0.176 e. The van der Waals surface area contributed by atoms with Gasteiger partial charge in [-0.3, -0.25) is 9.69 Å². The van der Waals surface area contributed by atoms with Gasteiger partial charge in [0.2, 0.25) is 0 Å². The highest BCUT2D eigenvalue weighted by molar-refractivity contribution is 8.00. The number of benzene rings is 2. The van der Waals surface area contributed by atoms with Crippen molar-refractivity contribution in [2.45, 2.75) is 11.6 Å². The van der Waals surface area contributed by atoms with E-state index in [1.165, 1.54) is 37.1 Å². The maximum absolute atomic E-state index is 13.6. The smallest absolute Gasteiger partial charge is 0.176 e. The van der Waals surface area contributed by atoms with E-state index in [4.69, 9.17) is 19.4 Å². The predicted molar refractivity (Wildman–Crippen MR) is 114 cm³/mol. The zero-order chi connectivity index (χ0) is 20.9. The zero-order valence-corrected chi connectivity index (χ0v) is 17.5. The van der Waals surface area contributed by atoms with Crippen molar-refractivity contribution in [3.63, 3.8) is 0 Å². The van der Waals surface area contributed by atoms with E-state index in [0.717, 1.165) is 29.0 Å². The lowest BCUT2D eigenvalue weighted by Crippen LogP contribution is -2.36. The summed E-state index contributed by atoms with van der Waals surface area (Å²) < 4.78 is 24.3. The summed E-state index contributed by atoms with van der Waals surface area (Å²) in [5.74, 6) is 0.521. The summed E-state index contributed by atoms with van der Waals surface area (Å²) in [6.07, 6.45) is 0. The lowest BCUT2D eigenvalue weighted by molar-refractivity contribution is 0.0330. The van der Waals surface area contributed by atoms with E-state index < -0.39 is 5.82 Å². The first-order valence-corrected chi connectivity index (χ1v) is 10.7. The van der Waals surface area contributed by atoms with Gasteiger partial charge in [-0.1, -0.05) is 30.0 Å². The Morgan fingerprint density at radius 1 is 1.20 bits per heavy atom. The fourth-order valence-electron chi connectivity index (χ4n) is 3.34. The lowest BCUT2D eigenvalue weighted by atomic mass is 10.1. The monoisotopic (exact) mass is 427 g/mol. The van der Waals surface area contributed by atoms with Crippen LogP contribution in [0.15, 0.2) is 47.5 Å². The van der Waals surface area contributed by atoms with Gasteiger partial charge in [0.15, 0.2) is 5.78 Å². The van der Waals surface area contributed by atoms with Crippen LogP contribution >= 0.6 is 11.8 Å². The van der Waals surface area contributed by atoms with Gasteiger partial charge in [-0.05, 0) is 24.3 Å². The normalized spacial score (nSPS) is 14.7. The Morgan fingerprint density at radius 2 is 2.00 bits per heavy atom. The van der Waals surface area contributed by atoms with Crippen LogP contribution in [0.4, 0.5) is 4.39 Å². The second-order valence-corrected chi connectivity index (χ2v) is 7.87. The number of thioether (sulfide) groups is 1. The summed E-state index contributed by atoms with van der Waals surface area (Å²) in [5.41, 5.74) is 1.07. The summed E-state index contributed by atoms with van der Waals surface area (Å²) >= 11 is 1.33. The van der Waals surface area contributed by atoms with Gasteiger partial charge in [0.1, 0.15) is 22.4 Å². The molecule has 30 heavy (non-hydrogen) atoms. The third-order valence-corrected chi connectivity index (χ3v) is 5.88. The predicted octanol–water partition coefficient (Wildman–Crippen LogP) is 3.58. The highest BCUT2D eigenvalue weighted by Gasteiger charge is 2.17. The third-order valence-electron chi connectivity index (χ3n) is 4.89. The minimum absolute atomic E-state index is 0.123. The molecule has 2 aromatic carbocycles. The van der Waals surface area contributed by atoms with Crippen molar-refractivity contribution in [3.8, 4) is 5.75 Å². The second kappa shape index (κ2) is 9.51. The van der Waals surface area contributed by atoms with E-state index in [0.29, 0.717) is 31.3 Å². The molecule has 3 aromatic rings. The van der Waals surface area contributed by atoms with Crippen LogP contribution in [0.3, 0.4) is 0 Å². The number of ketones is 1. The van der Waals surface area contributed by atoms with Crippen molar-refractivity contribution < 1.29 is 18.7 Å². The average molecular weight is 428 g/mol. The number of hydrogen-bond acceptors (Lipinski definition) is 7. The number of methoxy groups -OCH3 is 1. The molecule has 0 saturated carbocycles. The summed E-state index contributed by atoms with van der Waals surface area (Å²) in [7, 11) is 1.47. The third kappa shape index (κ3) is 4.77. The molecule has 156 valence electrons. The summed E-state index contributed by atoms with van der Waals surface area (Å²) in [4.78, 5) is 24.4. The van der Waals surface area contributed by atoms with Gasteiger partial charge < -0.3 is 9.47 Å². The Balaban J connectivity index is 1.57. The van der Waals surface area contributed by atoms with E-state index in [2.05, 4.69) is 4.90 Å². The highest BCUT2D eigenvalue weighted by atomic mass is 32.2. The number of rotatable bonds is 7. The summed E-state index contributed by atoms with van der Waals surface area (Å²) in [6.45, 7) is 3.73. The molecule has 0 N–H and O–H groups in total.